The van der Waals surface area contributed by atoms with Crippen LogP contribution in [0, 0.1) is 0 Å². The van der Waals surface area contributed by atoms with Crippen LogP contribution < -0.4 is 5.32 Å². The molecule has 0 aliphatic heterocycles. The number of esters is 1. The molecule has 0 spiro atoms. The highest BCUT2D eigenvalue weighted by molar-refractivity contribution is 6.43. The van der Waals surface area contributed by atoms with Crippen LogP contribution in [0.4, 0.5) is 5.69 Å². The van der Waals surface area contributed by atoms with Crippen molar-refractivity contribution in [2.75, 3.05) is 11.9 Å². The summed E-state index contributed by atoms with van der Waals surface area (Å²) < 4.78 is 4.75. The standard InChI is InChI=1S/C13H13Cl2NO3/c1-8(2)6-12(18)19-7-11(17)16-10-5-3-4-9(14)13(10)15/h3-6H,7H2,1-2H3,(H,16,17). The minimum atomic E-state index is -0.563. The van der Waals surface area contributed by atoms with E-state index in [-0.39, 0.29) is 11.6 Å². The van der Waals surface area contributed by atoms with Crippen LogP contribution in [-0.4, -0.2) is 18.5 Å². The van der Waals surface area contributed by atoms with Crippen molar-refractivity contribution in [1.82, 2.24) is 0 Å². The third-order valence-corrected chi connectivity index (χ3v) is 2.80. The molecule has 0 bridgehead atoms. The highest BCUT2D eigenvalue weighted by atomic mass is 35.5. The van der Waals surface area contributed by atoms with Gasteiger partial charge in [-0.05, 0) is 26.0 Å². The van der Waals surface area contributed by atoms with Crippen LogP contribution >= 0.6 is 23.2 Å². The van der Waals surface area contributed by atoms with Crippen molar-refractivity contribution in [2.24, 2.45) is 0 Å². The summed E-state index contributed by atoms with van der Waals surface area (Å²) >= 11 is 11.7. The molecule has 0 unspecified atom stereocenters. The van der Waals surface area contributed by atoms with Gasteiger partial charge in [0.15, 0.2) is 6.61 Å². The molecule has 1 amide bonds. The first-order valence-electron chi connectivity index (χ1n) is 5.45. The number of rotatable bonds is 4. The van der Waals surface area contributed by atoms with E-state index in [2.05, 4.69) is 5.32 Å². The van der Waals surface area contributed by atoms with E-state index in [1.165, 1.54) is 6.08 Å². The maximum absolute atomic E-state index is 11.6. The van der Waals surface area contributed by atoms with Crippen LogP contribution in [-0.2, 0) is 14.3 Å². The fourth-order valence-corrected chi connectivity index (χ4v) is 1.55. The molecule has 19 heavy (non-hydrogen) atoms. The van der Waals surface area contributed by atoms with E-state index in [0.29, 0.717) is 10.7 Å². The Morgan fingerprint density at radius 2 is 2.00 bits per heavy atom. The van der Waals surface area contributed by atoms with E-state index in [9.17, 15) is 9.59 Å². The fourth-order valence-electron chi connectivity index (χ4n) is 1.20. The summed E-state index contributed by atoms with van der Waals surface area (Å²) in [7, 11) is 0. The van der Waals surface area contributed by atoms with Crippen molar-refractivity contribution in [3.63, 3.8) is 0 Å². The highest BCUT2D eigenvalue weighted by Crippen LogP contribution is 2.29. The third-order valence-electron chi connectivity index (χ3n) is 1.98. The predicted molar refractivity (Wildman–Crippen MR) is 75.5 cm³/mol. The van der Waals surface area contributed by atoms with Gasteiger partial charge in [-0.25, -0.2) is 4.79 Å². The summed E-state index contributed by atoms with van der Waals surface area (Å²) in [4.78, 5) is 22.8. The number of hydrogen-bond donors (Lipinski definition) is 1. The topological polar surface area (TPSA) is 55.4 Å². The second kappa shape index (κ2) is 7.16. The number of carbonyl (C=O) groups is 2. The van der Waals surface area contributed by atoms with Gasteiger partial charge >= 0.3 is 5.97 Å². The fraction of sp³-hybridized carbons (Fsp3) is 0.231. The van der Waals surface area contributed by atoms with Gasteiger partial charge in [0.2, 0.25) is 0 Å². The summed E-state index contributed by atoms with van der Waals surface area (Å²) in [6.45, 7) is 3.13. The molecule has 4 nitrogen and oxygen atoms in total. The normalized spacial score (nSPS) is 9.68. The zero-order chi connectivity index (χ0) is 14.4. The lowest BCUT2D eigenvalue weighted by molar-refractivity contribution is -0.142. The van der Waals surface area contributed by atoms with Crippen molar-refractivity contribution in [2.45, 2.75) is 13.8 Å². The molecule has 6 heteroatoms. The smallest absolute Gasteiger partial charge is 0.331 e. The lowest BCUT2D eigenvalue weighted by atomic mass is 10.3. The van der Waals surface area contributed by atoms with E-state index in [4.69, 9.17) is 27.9 Å². The number of anilines is 1. The minimum Gasteiger partial charge on any atom is -0.452 e. The van der Waals surface area contributed by atoms with Gasteiger partial charge in [0, 0.05) is 6.08 Å². The van der Waals surface area contributed by atoms with Gasteiger partial charge in [-0.2, -0.15) is 0 Å². The number of nitrogens with one attached hydrogen (secondary N) is 1. The molecular weight excluding hydrogens is 289 g/mol. The molecule has 0 aliphatic rings. The van der Waals surface area contributed by atoms with Gasteiger partial charge in [0.1, 0.15) is 0 Å². The Kier molecular flexibility index (Phi) is 5.86. The van der Waals surface area contributed by atoms with Crippen LogP contribution in [0.2, 0.25) is 10.0 Å². The molecule has 0 aromatic heterocycles. The average molecular weight is 302 g/mol. The first-order chi connectivity index (χ1) is 8.90. The Bertz CT molecular complexity index is 523. The second-order valence-electron chi connectivity index (χ2n) is 3.98. The number of allylic oxidation sites excluding steroid dienone is 1. The van der Waals surface area contributed by atoms with Crippen LogP contribution in [0.3, 0.4) is 0 Å². The van der Waals surface area contributed by atoms with Crippen LogP contribution in [0.25, 0.3) is 0 Å². The first-order valence-corrected chi connectivity index (χ1v) is 6.21. The number of hydrogen-bond acceptors (Lipinski definition) is 3. The monoisotopic (exact) mass is 301 g/mol. The molecule has 1 N–H and O–H groups in total. The quantitative estimate of drug-likeness (QED) is 0.684. The molecule has 0 heterocycles. The Balaban J connectivity index is 2.54. The zero-order valence-corrected chi connectivity index (χ0v) is 12.0. The van der Waals surface area contributed by atoms with E-state index in [1.54, 1.807) is 32.0 Å². The SMILES string of the molecule is CC(C)=CC(=O)OCC(=O)Nc1cccc(Cl)c1Cl. The van der Waals surface area contributed by atoms with Crippen LogP contribution in [0.1, 0.15) is 13.8 Å². The van der Waals surface area contributed by atoms with E-state index >= 15 is 0 Å². The summed E-state index contributed by atoms with van der Waals surface area (Å²) in [5, 5.41) is 3.08. The summed E-state index contributed by atoms with van der Waals surface area (Å²) in [5.74, 6) is -1.05. The summed E-state index contributed by atoms with van der Waals surface area (Å²) in [6.07, 6.45) is 1.31. The Morgan fingerprint density at radius 3 is 2.63 bits per heavy atom. The molecule has 1 aromatic carbocycles. The molecule has 0 atom stereocenters. The van der Waals surface area contributed by atoms with Crippen molar-refractivity contribution >= 4 is 40.8 Å². The number of benzene rings is 1. The van der Waals surface area contributed by atoms with Gasteiger partial charge in [0.25, 0.3) is 5.91 Å². The van der Waals surface area contributed by atoms with Gasteiger partial charge in [0.05, 0.1) is 15.7 Å². The summed E-state index contributed by atoms with van der Waals surface area (Å²) in [6, 6.07) is 4.86. The molecule has 0 radical (unpaired) electrons. The zero-order valence-electron chi connectivity index (χ0n) is 10.5. The Labute approximate surface area is 121 Å². The molecule has 1 rings (SSSR count). The molecule has 0 saturated carbocycles. The number of halogens is 2. The molecule has 0 saturated heterocycles. The van der Waals surface area contributed by atoms with Gasteiger partial charge in [-0.15, -0.1) is 0 Å². The third kappa shape index (κ3) is 5.32. The second-order valence-corrected chi connectivity index (χ2v) is 4.76. The largest absolute Gasteiger partial charge is 0.452 e. The van der Waals surface area contributed by atoms with Crippen molar-refractivity contribution < 1.29 is 14.3 Å². The molecular formula is C13H13Cl2NO3. The maximum Gasteiger partial charge on any atom is 0.331 e. The predicted octanol–water partition coefficient (Wildman–Crippen LogP) is 3.44. The average Bonchev–Trinajstić information content (AvgIpc) is 2.32. The van der Waals surface area contributed by atoms with Gasteiger partial charge in [-0.3, -0.25) is 4.79 Å². The lowest BCUT2D eigenvalue weighted by Gasteiger charge is -2.08. The number of amides is 1. The van der Waals surface area contributed by atoms with Crippen molar-refractivity contribution in [3.8, 4) is 0 Å². The first kappa shape index (κ1) is 15.5. The molecule has 0 fully saturated rings. The van der Waals surface area contributed by atoms with Gasteiger partial charge < -0.3 is 10.1 Å². The Hall–Kier alpha value is -1.52. The molecule has 0 aliphatic carbocycles. The highest BCUT2D eigenvalue weighted by Gasteiger charge is 2.09. The van der Waals surface area contributed by atoms with Crippen LogP contribution in [0.5, 0.6) is 0 Å². The van der Waals surface area contributed by atoms with Crippen molar-refractivity contribution in [3.05, 3.63) is 39.9 Å². The summed E-state index contributed by atoms with van der Waals surface area (Å²) in [5.41, 5.74) is 1.17. The minimum absolute atomic E-state index is 0.244. The van der Waals surface area contributed by atoms with Crippen molar-refractivity contribution in [1.29, 1.82) is 0 Å². The van der Waals surface area contributed by atoms with Gasteiger partial charge in [-0.1, -0.05) is 34.8 Å². The van der Waals surface area contributed by atoms with E-state index < -0.39 is 11.9 Å². The lowest BCUT2D eigenvalue weighted by Crippen LogP contribution is -2.20. The molecule has 1 aromatic rings. The van der Waals surface area contributed by atoms with Crippen LogP contribution in [0.15, 0.2) is 29.8 Å². The Morgan fingerprint density at radius 1 is 1.32 bits per heavy atom. The molecule has 102 valence electrons. The number of ether oxygens (including phenoxy) is 1. The van der Waals surface area contributed by atoms with E-state index in [0.717, 1.165) is 5.57 Å². The van der Waals surface area contributed by atoms with E-state index in [1.807, 2.05) is 0 Å². The maximum atomic E-state index is 11.6. The number of carbonyl (C=O) groups excluding carboxylic acids is 2.